The zero-order chi connectivity index (χ0) is 15.4. The molecule has 0 aromatic heterocycles. The number of hydrogen-bond donors (Lipinski definition) is 2. The van der Waals surface area contributed by atoms with Crippen LogP contribution >= 0.6 is 12.4 Å². The Balaban J connectivity index is 0.00000242. The Morgan fingerprint density at radius 3 is 2.68 bits per heavy atom. The maximum atomic E-state index is 13.7. The Hall–Kier alpha value is -1.66. The van der Waals surface area contributed by atoms with E-state index in [0.717, 1.165) is 19.4 Å². The zero-order valence-corrected chi connectivity index (χ0v) is 13.5. The molecule has 1 heterocycles. The van der Waals surface area contributed by atoms with Crippen molar-refractivity contribution in [1.82, 2.24) is 10.2 Å². The van der Waals surface area contributed by atoms with Crippen LogP contribution in [-0.2, 0) is 4.79 Å². The van der Waals surface area contributed by atoms with Crippen molar-refractivity contribution in [3.8, 4) is 0 Å². The second-order valence-electron chi connectivity index (χ2n) is 5.43. The fourth-order valence-corrected chi connectivity index (χ4v) is 2.33. The van der Waals surface area contributed by atoms with E-state index >= 15 is 0 Å². The summed E-state index contributed by atoms with van der Waals surface area (Å²) in [4.78, 5) is 25.3. The number of anilines is 1. The third kappa shape index (κ3) is 4.42. The summed E-state index contributed by atoms with van der Waals surface area (Å²) in [5.41, 5.74) is 0.400. The molecule has 0 saturated carbocycles. The molecule has 2 N–H and O–H groups in total. The van der Waals surface area contributed by atoms with E-state index in [0.29, 0.717) is 12.2 Å². The van der Waals surface area contributed by atoms with Gasteiger partial charge in [-0.25, -0.2) is 4.39 Å². The first-order chi connectivity index (χ1) is 9.99. The molecule has 2 amide bonds. The van der Waals surface area contributed by atoms with Gasteiger partial charge in [-0.05, 0) is 37.6 Å². The van der Waals surface area contributed by atoms with E-state index in [9.17, 15) is 14.0 Å². The number of benzene rings is 1. The lowest BCUT2D eigenvalue weighted by molar-refractivity contribution is -0.120. The zero-order valence-electron chi connectivity index (χ0n) is 12.7. The molecular formula is C15H21ClFN3O2. The first-order valence-corrected chi connectivity index (χ1v) is 7.02. The van der Waals surface area contributed by atoms with Gasteiger partial charge in [-0.15, -0.1) is 12.4 Å². The highest BCUT2D eigenvalue weighted by Crippen LogP contribution is 2.18. The number of carbonyl (C=O) groups is 2. The Kier molecular flexibility index (Phi) is 6.77. The van der Waals surface area contributed by atoms with Crippen LogP contribution in [0.4, 0.5) is 10.1 Å². The molecule has 1 fully saturated rings. The fourth-order valence-electron chi connectivity index (χ4n) is 2.33. The van der Waals surface area contributed by atoms with Crippen LogP contribution in [0.15, 0.2) is 18.2 Å². The van der Waals surface area contributed by atoms with Gasteiger partial charge in [-0.2, -0.15) is 0 Å². The lowest BCUT2D eigenvalue weighted by Crippen LogP contribution is -2.37. The number of nitrogens with zero attached hydrogens (tertiary/aromatic N) is 1. The van der Waals surface area contributed by atoms with E-state index < -0.39 is 11.7 Å². The van der Waals surface area contributed by atoms with Crippen molar-refractivity contribution in [2.75, 3.05) is 32.5 Å². The first-order valence-electron chi connectivity index (χ1n) is 7.02. The molecular weight excluding hydrogens is 309 g/mol. The molecule has 1 atom stereocenters. The summed E-state index contributed by atoms with van der Waals surface area (Å²) < 4.78 is 13.7. The summed E-state index contributed by atoms with van der Waals surface area (Å²) in [5.74, 6) is -1.21. The largest absolute Gasteiger partial charge is 0.345 e. The molecule has 0 bridgehead atoms. The number of rotatable bonds is 3. The van der Waals surface area contributed by atoms with Crippen LogP contribution in [0.3, 0.4) is 0 Å². The van der Waals surface area contributed by atoms with Crippen LogP contribution in [0.25, 0.3) is 0 Å². The lowest BCUT2D eigenvalue weighted by Gasteiger charge is -2.22. The average molecular weight is 330 g/mol. The van der Waals surface area contributed by atoms with E-state index in [1.807, 2.05) is 0 Å². The van der Waals surface area contributed by atoms with Gasteiger partial charge in [0, 0.05) is 26.3 Å². The molecule has 1 aromatic carbocycles. The van der Waals surface area contributed by atoms with E-state index in [4.69, 9.17) is 0 Å². The molecule has 1 unspecified atom stereocenters. The topological polar surface area (TPSA) is 61.4 Å². The highest BCUT2D eigenvalue weighted by Gasteiger charge is 2.21. The lowest BCUT2D eigenvalue weighted by atomic mass is 9.98. The van der Waals surface area contributed by atoms with Crippen LogP contribution in [0.2, 0.25) is 0 Å². The average Bonchev–Trinajstić information content (AvgIpc) is 2.49. The Morgan fingerprint density at radius 2 is 2.09 bits per heavy atom. The van der Waals surface area contributed by atoms with Gasteiger partial charge in [0.15, 0.2) is 0 Å². The molecule has 0 radical (unpaired) electrons. The van der Waals surface area contributed by atoms with Crippen molar-refractivity contribution < 1.29 is 14.0 Å². The molecule has 0 spiro atoms. The molecule has 7 heteroatoms. The minimum Gasteiger partial charge on any atom is -0.345 e. The minimum absolute atomic E-state index is 0. The van der Waals surface area contributed by atoms with Crippen LogP contribution in [0.5, 0.6) is 0 Å². The Bertz CT molecular complexity index is 546. The van der Waals surface area contributed by atoms with Crippen molar-refractivity contribution in [1.29, 1.82) is 0 Å². The van der Waals surface area contributed by atoms with Gasteiger partial charge in [0.2, 0.25) is 5.91 Å². The predicted molar refractivity (Wildman–Crippen MR) is 85.9 cm³/mol. The smallest absolute Gasteiger partial charge is 0.256 e. The first kappa shape index (κ1) is 18.4. The van der Waals surface area contributed by atoms with Gasteiger partial charge in [0.25, 0.3) is 5.91 Å². The normalized spacial score (nSPS) is 17.3. The van der Waals surface area contributed by atoms with E-state index in [2.05, 4.69) is 10.6 Å². The molecule has 1 aliphatic rings. The van der Waals surface area contributed by atoms with E-state index in [-0.39, 0.29) is 29.8 Å². The van der Waals surface area contributed by atoms with Crippen LogP contribution < -0.4 is 10.6 Å². The Labute approximate surface area is 135 Å². The number of piperidine rings is 1. The van der Waals surface area contributed by atoms with Gasteiger partial charge < -0.3 is 15.5 Å². The molecule has 5 nitrogen and oxygen atoms in total. The summed E-state index contributed by atoms with van der Waals surface area (Å²) in [6, 6.07) is 4.05. The van der Waals surface area contributed by atoms with Crippen LogP contribution in [0.1, 0.15) is 23.2 Å². The maximum Gasteiger partial charge on any atom is 0.256 e. The van der Waals surface area contributed by atoms with Crippen LogP contribution in [-0.4, -0.2) is 43.9 Å². The van der Waals surface area contributed by atoms with Crippen molar-refractivity contribution in [2.24, 2.45) is 5.92 Å². The molecule has 1 aromatic rings. The molecule has 1 aliphatic heterocycles. The fraction of sp³-hybridized carbons (Fsp3) is 0.467. The van der Waals surface area contributed by atoms with Gasteiger partial charge in [-0.1, -0.05) is 0 Å². The third-order valence-electron chi connectivity index (χ3n) is 3.54. The Morgan fingerprint density at radius 1 is 1.36 bits per heavy atom. The number of nitrogens with one attached hydrogen (secondary N) is 2. The van der Waals surface area contributed by atoms with Gasteiger partial charge in [0.1, 0.15) is 5.82 Å². The number of carbonyl (C=O) groups excluding carboxylic acids is 2. The third-order valence-corrected chi connectivity index (χ3v) is 3.54. The summed E-state index contributed by atoms with van der Waals surface area (Å²) in [6.07, 6.45) is 1.80. The van der Waals surface area contributed by atoms with E-state index in [1.54, 1.807) is 14.1 Å². The number of hydrogen-bond acceptors (Lipinski definition) is 3. The van der Waals surface area contributed by atoms with Gasteiger partial charge in [-0.3, -0.25) is 9.59 Å². The summed E-state index contributed by atoms with van der Waals surface area (Å²) >= 11 is 0. The van der Waals surface area contributed by atoms with Crippen molar-refractivity contribution in [3.05, 3.63) is 29.6 Å². The monoisotopic (exact) mass is 329 g/mol. The van der Waals surface area contributed by atoms with Crippen molar-refractivity contribution >= 4 is 29.9 Å². The van der Waals surface area contributed by atoms with Gasteiger partial charge >= 0.3 is 0 Å². The number of halogens is 2. The minimum atomic E-state index is -0.592. The quantitative estimate of drug-likeness (QED) is 0.890. The summed E-state index contributed by atoms with van der Waals surface area (Å²) in [7, 11) is 3.11. The second kappa shape index (κ2) is 8.10. The van der Waals surface area contributed by atoms with Crippen molar-refractivity contribution in [3.63, 3.8) is 0 Å². The highest BCUT2D eigenvalue weighted by molar-refractivity contribution is 5.97. The molecule has 22 heavy (non-hydrogen) atoms. The maximum absolute atomic E-state index is 13.7. The van der Waals surface area contributed by atoms with E-state index in [1.165, 1.54) is 23.1 Å². The molecule has 2 rings (SSSR count). The van der Waals surface area contributed by atoms with Gasteiger partial charge in [0.05, 0.1) is 11.5 Å². The summed E-state index contributed by atoms with van der Waals surface area (Å²) in [5, 5.41) is 5.93. The molecule has 0 aliphatic carbocycles. The highest BCUT2D eigenvalue weighted by atomic mass is 35.5. The molecule has 1 saturated heterocycles. The molecule has 122 valence electrons. The second-order valence-corrected chi connectivity index (χ2v) is 5.43. The standard InChI is InChI=1S/C15H20FN3O2.ClH/c1-19(2)15(21)12-8-11(5-6-13(12)16)18-14(20)10-4-3-7-17-9-10;/h5-6,8,10,17H,3-4,7,9H2,1-2H3,(H,18,20);1H. The van der Waals surface area contributed by atoms with Crippen molar-refractivity contribution in [2.45, 2.75) is 12.8 Å². The number of amides is 2. The predicted octanol–water partition coefficient (Wildman–Crippen LogP) is 1.89. The van der Waals surface area contributed by atoms with Crippen LogP contribution in [0, 0.1) is 11.7 Å². The summed E-state index contributed by atoms with van der Waals surface area (Å²) in [6.45, 7) is 1.58. The SMILES string of the molecule is CN(C)C(=O)c1cc(NC(=O)C2CCCNC2)ccc1F.Cl.